The molecule has 1 heterocycles. The number of hydrogen-bond acceptors (Lipinski definition) is 2. The maximum atomic E-state index is 13.5. The van der Waals surface area contributed by atoms with Gasteiger partial charge in [-0.3, -0.25) is 9.36 Å². The number of aromatic nitrogens is 2. The van der Waals surface area contributed by atoms with Gasteiger partial charge in [-0.05, 0) is 43.2 Å². The van der Waals surface area contributed by atoms with E-state index in [0.29, 0.717) is 22.4 Å². The summed E-state index contributed by atoms with van der Waals surface area (Å²) in [6.07, 6.45) is 0. The molecule has 4 aromatic rings. The molecule has 138 valence electrons. The van der Waals surface area contributed by atoms with Gasteiger partial charge >= 0.3 is 0 Å². The van der Waals surface area contributed by atoms with E-state index in [4.69, 9.17) is 4.98 Å². The van der Waals surface area contributed by atoms with E-state index in [-0.39, 0.29) is 5.56 Å². The average Bonchev–Trinajstić information content (AvgIpc) is 2.69. The molecule has 3 aromatic carbocycles. The van der Waals surface area contributed by atoms with Crippen molar-refractivity contribution in [1.82, 2.24) is 9.55 Å². The highest BCUT2D eigenvalue weighted by molar-refractivity contribution is 9.10. The molecule has 0 amide bonds. The third-order valence-corrected chi connectivity index (χ3v) is 5.36. The predicted molar refractivity (Wildman–Crippen MR) is 119 cm³/mol. The van der Waals surface area contributed by atoms with Crippen LogP contribution in [0.25, 0.3) is 28.0 Å². The number of hydrogen-bond donors (Lipinski definition) is 0. The van der Waals surface area contributed by atoms with Gasteiger partial charge in [-0.25, -0.2) is 4.98 Å². The zero-order valence-corrected chi connectivity index (χ0v) is 17.3. The second-order valence-corrected chi connectivity index (χ2v) is 7.78. The SMILES string of the molecule is C=C(c1ccc(C)cc1)n1c(-c2ccccc2C)nc2ccc(Br)cc2c1=O. The molecule has 0 aliphatic rings. The normalized spacial score (nSPS) is 11.0. The molecule has 0 aliphatic heterocycles. The smallest absolute Gasteiger partial charge is 0.266 e. The van der Waals surface area contributed by atoms with Crippen molar-refractivity contribution in [2.24, 2.45) is 0 Å². The largest absolute Gasteiger partial charge is 0.268 e. The maximum absolute atomic E-state index is 13.5. The summed E-state index contributed by atoms with van der Waals surface area (Å²) < 4.78 is 2.47. The van der Waals surface area contributed by atoms with E-state index in [1.807, 2.05) is 80.6 Å². The summed E-state index contributed by atoms with van der Waals surface area (Å²) in [6.45, 7) is 8.30. The van der Waals surface area contributed by atoms with Crippen LogP contribution in [0.5, 0.6) is 0 Å². The maximum Gasteiger partial charge on any atom is 0.266 e. The fraction of sp³-hybridized carbons (Fsp3) is 0.0833. The van der Waals surface area contributed by atoms with Gasteiger partial charge in [0.25, 0.3) is 5.56 Å². The summed E-state index contributed by atoms with van der Waals surface area (Å²) in [5.41, 5.74) is 5.16. The Morgan fingerprint density at radius 2 is 1.71 bits per heavy atom. The van der Waals surface area contributed by atoms with Crippen LogP contribution in [-0.4, -0.2) is 9.55 Å². The van der Waals surface area contributed by atoms with E-state index in [1.54, 1.807) is 4.57 Å². The highest BCUT2D eigenvalue weighted by Gasteiger charge is 2.17. The zero-order valence-electron chi connectivity index (χ0n) is 15.7. The first-order valence-electron chi connectivity index (χ1n) is 9.00. The molecular weight excluding hydrogens is 412 g/mol. The summed E-state index contributed by atoms with van der Waals surface area (Å²) in [5.74, 6) is 0.600. The fourth-order valence-electron chi connectivity index (χ4n) is 3.29. The molecule has 0 N–H and O–H groups in total. The van der Waals surface area contributed by atoms with Gasteiger partial charge in [-0.15, -0.1) is 0 Å². The predicted octanol–water partition coefficient (Wildman–Crippen LogP) is 5.96. The monoisotopic (exact) mass is 430 g/mol. The number of benzene rings is 3. The van der Waals surface area contributed by atoms with Crippen molar-refractivity contribution in [3.8, 4) is 11.4 Å². The van der Waals surface area contributed by atoms with Crippen LogP contribution in [0.2, 0.25) is 0 Å². The van der Waals surface area contributed by atoms with E-state index in [1.165, 1.54) is 0 Å². The lowest BCUT2D eigenvalue weighted by molar-refractivity contribution is 1.00. The van der Waals surface area contributed by atoms with E-state index < -0.39 is 0 Å². The lowest BCUT2D eigenvalue weighted by atomic mass is 10.1. The molecule has 4 heteroatoms. The quantitative estimate of drug-likeness (QED) is 0.401. The average molecular weight is 431 g/mol. The van der Waals surface area contributed by atoms with Crippen molar-refractivity contribution in [3.05, 3.63) is 105 Å². The summed E-state index contributed by atoms with van der Waals surface area (Å²) in [4.78, 5) is 18.4. The molecule has 1 aromatic heterocycles. The zero-order chi connectivity index (χ0) is 19.8. The van der Waals surface area contributed by atoms with Gasteiger partial charge in [0, 0.05) is 10.0 Å². The second-order valence-electron chi connectivity index (χ2n) is 6.87. The Morgan fingerprint density at radius 3 is 2.43 bits per heavy atom. The lowest BCUT2D eigenvalue weighted by Gasteiger charge is -2.17. The minimum absolute atomic E-state index is 0.130. The Hall–Kier alpha value is -2.98. The van der Waals surface area contributed by atoms with Gasteiger partial charge < -0.3 is 0 Å². The molecule has 0 saturated heterocycles. The summed E-state index contributed by atoms with van der Waals surface area (Å²) in [5, 5.41) is 0.556. The van der Waals surface area contributed by atoms with Gasteiger partial charge in [-0.2, -0.15) is 0 Å². The number of nitrogens with zero attached hydrogens (tertiary/aromatic N) is 2. The molecule has 0 spiro atoms. The highest BCUT2D eigenvalue weighted by atomic mass is 79.9. The first-order valence-corrected chi connectivity index (χ1v) is 9.79. The van der Waals surface area contributed by atoms with Crippen molar-refractivity contribution >= 4 is 32.5 Å². The van der Waals surface area contributed by atoms with Gasteiger partial charge in [0.2, 0.25) is 0 Å². The minimum atomic E-state index is -0.130. The van der Waals surface area contributed by atoms with Crippen LogP contribution in [0, 0.1) is 13.8 Å². The third-order valence-electron chi connectivity index (χ3n) is 4.87. The molecule has 3 nitrogen and oxygen atoms in total. The topological polar surface area (TPSA) is 34.9 Å². The first-order chi connectivity index (χ1) is 13.5. The number of fused-ring (bicyclic) bond motifs is 1. The van der Waals surface area contributed by atoms with E-state index in [9.17, 15) is 4.79 Å². The van der Waals surface area contributed by atoms with Crippen LogP contribution < -0.4 is 5.56 Å². The van der Waals surface area contributed by atoms with Gasteiger partial charge in [0.05, 0.1) is 16.6 Å². The van der Waals surface area contributed by atoms with E-state index >= 15 is 0 Å². The number of rotatable bonds is 3. The highest BCUT2D eigenvalue weighted by Crippen LogP contribution is 2.27. The minimum Gasteiger partial charge on any atom is -0.268 e. The van der Waals surface area contributed by atoms with Crippen LogP contribution in [-0.2, 0) is 0 Å². The van der Waals surface area contributed by atoms with Gasteiger partial charge in [0.1, 0.15) is 5.82 Å². The second kappa shape index (κ2) is 7.21. The van der Waals surface area contributed by atoms with Crippen molar-refractivity contribution < 1.29 is 0 Å². The molecule has 4 rings (SSSR count). The molecule has 0 bridgehead atoms. The fourth-order valence-corrected chi connectivity index (χ4v) is 3.65. The Kier molecular flexibility index (Phi) is 4.73. The van der Waals surface area contributed by atoms with Crippen molar-refractivity contribution in [3.63, 3.8) is 0 Å². The molecule has 0 saturated carbocycles. The van der Waals surface area contributed by atoms with E-state index in [0.717, 1.165) is 26.7 Å². The summed E-state index contributed by atoms with van der Waals surface area (Å²) in [7, 11) is 0. The molecule has 0 fully saturated rings. The Bertz CT molecular complexity index is 1270. The van der Waals surface area contributed by atoms with Crippen LogP contribution >= 0.6 is 15.9 Å². The molecule has 0 unspecified atom stereocenters. The van der Waals surface area contributed by atoms with Gasteiger partial charge in [-0.1, -0.05) is 76.6 Å². The van der Waals surface area contributed by atoms with Crippen molar-refractivity contribution in [2.45, 2.75) is 13.8 Å². The summed E-state index contributed by atoms with van der Waals surface area (Å²) in [6, 6.07) is 21.5. The Morgan fingerprint density at radius 1 is 1.00 bits per heavy atom. The molecular formula is C24H19BrN2O. The molecule has 28 heavy (non-hydrogen) atoms. The van der Waals surface area contributed by atoms with Crippen LogP contribution in [0.3, 0.4) is 0 Å². The lowest BCUT2D eigenvalue weighted by Crippen LogP contribution is -2.23. The van der Waals surface area contributed by atoms with Crippen molar-refractivity contribution in [1.29, 1.82) is 0 Å². The third kappa shape index (κ3) is 3.20. The summed E-state index contributed by atoms with van der Waals surface area (Å²) >= 11 is 3.46. The van der Waals surface area contributed by atoms with Gasteiger partial charge in [0.15, 0.2) is 0 Å². The molecule has 0 atom stereocenters. The van der Waals surface area contributed by atoms with Crippen LogP contribution in [0.4, 0.5) is 0 Å². The van der Waals surface area contributed by atoms with Crippen molar-refractivity contribution in [2.75, 3.05) is 0 Å². The Labute approximate surface area is 172 Å². The number of aryl methyl sites for hydroxylation is 2. The van der Waals surface area contributed by atoms with Crippen LogP contribution in [0.1, 0.15) is 16.7 Å². The van der Waals surface area contributed by atoms with E-state index in [2.05, 4.69) is 22.5 Å². The molecule has 0 radical (unpaired) electrons. The first kappa shape index (κ1) is 18.4. The Balaban J connectivity index is 2.07. The standard InChI is InChI=1S/C24H19BrN2O/c1-15-8-10-18(11-9-15)17(3)27-23(20-7-5-4-6-16(20)2)26-22-13-12-19(25)14-21(22)24(27)28/h4-14H,3H2,1-2H3. The molecule has 0 aliphatic carbocycles. The van der Waals surface area contributed by atoms with Crippen LogP contribution in [0.15, 0.2) is 82.6 Å². The number of halogens is 1.